The van der Waals surface area contributed by atoms with Gasteiger partial charge in [-0.3, -0.25) is 0 Å². The van der Waals surface area contributed by atoms with Crippen molar-refractivity contribution >= 4 is 39.2 Å². The van der Waals surface area contributed by atoms with Crippen molar-refractivity contribution in [2.24, 2.45) is 0 Å². The van der Waals surface area contributed by atoms with Gasteiger partial charge in [0, 0.05) is 17.0 Å². The second kappa shape index (κ2) is 3.14. The van der Waals surface area contributed by atoms with E-state index in [1.54, 1.807) is 0 Å². The summed E-state index contributed by atoms with van der Waals surface area (Å²) in [5.74, 6) is 0.610. The average molecular weight is 284 g/mol. The zero-order valence-corrected chi connectivity index (χ0v) is 9.37. The summed E-state index contributed by atoms with van der Waals surface area (Å²) in [6.07, 6.45) is 1.81. The van der Waals surface area contributed by atoms with Gasteiger partial charge in [0.15, 0.2) is 0 Å². The van der Waals surface area contributed by atoms with Gasteiger partial charge in [0.1, 0.15) is 5.82 Å². The number of nitrogen functional groups attached to an aromatic ring is 1. The fourth-order valence-electron chi connectivity index (χ4n) is 1.31. The number of aryl methyl sites for hydroxylation is 1. The highest BCUT2D eigenvalue weighted by Crippen LogP contribution is 2.24. The number of aromatic nitrogens is 1. The number of pyridine rings is 1. The summed E-state index contributed by atoms with van der Waals surface area (Å²) >= 11 is 2.23. The minimum Gasteiger partial charge on any atom is -0.383 e. The van der Waals surface area contributed by atoms with Crippen LogP contribution in [0.25, 0.3) is 10.8 Å². The third-order valence-corrected chi connectivity index (χ3v) is 3.15. The first-order chi connectivity index (χ1) is 6.18. The van der Waals surface area contributed by atoms with E-state index in [4.69, 9.17) is 5.73 Å². The van der Waals surface area contributed by atoms with Gasteiger partial charge in [-0.25, -0.2) is 4.98 Å². The molecule has 3 heteroatoms. The molecule has 0 atom stereocenters. The Bertz CT molecular complexity index is 460. The van der Waals surface area contributed by atoms with E-state index in [0.717, 1.165) is 8.96 Å². The van der Waals surface area contributed by atoms with Gasteiger partial charge in [-0.1, -0.05) is 23.8 Å². The Morgan fingerprint density at radius 2 is 2.15 bits per heavy atom. The van der Waals surface area contributed by atoms with Crippen molar-refractivity contribution < 1.29 is 0 Å². The smallest absolute Gasteiger partial charge is 0.137 e. The van der Waals surface area contributed by atoms with E-state index in [9.17, 15) is 0 Å². The normalized spacial score (nSPS) is 10.6. The Kier molecular flexibility index (Phi) is 2.11. The quantitative estimate of drug-likeness (QED) is 0.755. The van der Waals surface area contributed by atoms with Gasteiger partial charge in [-0.05, 0) is 29.5 Å². The SMILES string of the molecule is Cc1ccc2cnc(N)c(I)c2c1. The zero-order valence-electron chi connectivity index (χ0n) is 7.21. The van der Waals surface area contributed by atoms with Crippen molar-refractivity contribution in [3.05, 3.63) is 33.5 Å². The maximum Gasteiger partial charge on any atom is 0.137 e. The number of hydrogen-bond acceptors (Lipinski definition) is 2. The van der Waals surface area contributed by atoms with E-state index in [1.165, 1.54) is 10.9 Å². The molecule has 0 fully saturated rings. The number of nitrogens with zero attached hydrogens (tertiary/aromatic N) is 1. The summed E-state index contributed by atoms with van der Waals surface area (Å²) in [6.45, 7) is 2.08. The summed E-state index contributed by atoms with van der Waals surface area (Å²) in [5, 5.41) is 2.33. The van der Waals surface area contributed by atoms with E-state index in [1.807, 2.05) is 6.20 Å². The largest absolute Gasteiger partial charge is 0.383 e. The monoisotopic (exact) mass is 284 g/mol. The molecule has 0 aliphatic rings. The molecule has 1 heterocycles. The molecule has 1 aromatic heterocycles. The van der Waals surface area contributed by atoms with Gasteiger partial charge in [0.25, 0.3) is 0 Å². The molecule has 0 radical (unpaired) electrons. The van der Waals surface area contributed by atoms with Crippen molar-refractivity contribution in [2.75, 3.05) is 5.73 Å². The molecule has 1 aromatic carbocycles. The zero-order chi connectivity index (χ0) is 9.42. The molecule has 2 aromatic rings. The van der Waals surface area contributed by atoms with Crippen LogP contribution >= 0.6 is 22.6 Å². The molecule has 2 nitrogen and oxygen atoms in total. The van der Waals surface area contributed by atoms with Crippen LogP contribution in [0.4, 0.5) is 5.82 Å². The minimum absolute atomic E-state index is 0.610. The molecule has 0 saturated carbocycles. The Hall–Kier alpha value is -0.840. The van der Waals surface area contributed by atoms with Gasteiger partial charge < -0.3 is 5.73 Å². The van der Waals surface area contributed by atoms with Crippen molar-refractivity contribution in [2.45, 2.75) is 6.92 Å². The second-order valence-electron chi connectivity index (χ2n) is 3.05. The highest BCUT2D eigenvalue weighted by molar-refractivity contribution is 14.1. The van der Waals surface area contributed by atoms with Crippen LogP contribution in [0.1, 0.15) is 5.56 Å². The highest BCUT2D eigenvalue weighted by Gasteiger charge is 2.02. The molecule has 0 amide bonds. The molecular formula is C10H9IN2. The van der Waals surface area contributed by atoms with Crippen LogP contribution in [0.5, 0.6) is 0 Å². The number of halogens is 1. The lowest BCUT2D eigenvalue weighted by atomic mass is 10.1. The molecule has 13 heavy (non-hydrogen) atoms. The fraction of sp³-hybridized carbons (Fsp3) is 0.100. The number of anilines is 1. The summed E-state index contributed by atoms with van der Waals surface area (Å²) in [6, 6.07) is 6.28. The van der Waals surface area contributed by atoms with Crippen LogP contribution in [0.15, 0.2) is 24.4 Å². The molecule has 0 aliphatic heterocycles. The lowest BCUT2D eigenvalue weighted by molar-refractivity contribution is 1.35. The van der Waals surface area contributed by atoms with E-state index < -0.39 is 0 Å². The van der Waals surface area contributed by atoms with E-state index in [-0.39, 0.29) is 0 Å². The van der Waals surface area contributed by atoms with Gasteiger partial charge in [-0.2, -0.15) is 0 Å². The average Bonchev–Trinajstić information content (AvgIpc) is 2.12. The Balaban J connectivity index is 2.89. The number of hydrogen-bond donors (Lipinski definition) is 1. The maximum absolute atomic E-state index is 5.72. The Morgan fingerprint density at radius 3 is 2.92 bits per heavy atom. The molecule has 0 unspecified atom stereocenters. The first-order valence-corrected chi connectivity index (χ1v) is 5.06. The Morgan fingerprint density at radius 1 is 1.38 bits per heavy atom. The van der Waals surface area contributed by atoms with Crippen molar-refractivity contribution in [1.29, 1.82) is 0 Å². The first kappa shape index (κ1) is 8.74. The standard InChI is InChI=1S/C10H9IN2/c1-6-2-3-7-5-13-10(12)9(11)8(7)4-6/h2-5H,1H3,(H2,12,13). The first-order valence-electron chi connectivity index (χ1n) is 3.99. The number of benzene rings is 1. The van der Waals surface area contributed by atoms with Crippen molar-refractivity contribution in [3.63, 3.8) is 0 Å². The van der Waals surface area contributed by atoms with E-state index >= 15 is 0 Å². The lowest BCUT2D eigenvalue weighted by Gasteiger charge is -2.03. The van der Waals surface area contributed by atoms with Crippen LogP contribution < -0.4 is 5.73 Å². The Labute approximate surface area is 90.3 Å². The highest BCUT2D eigenvalue weighted by atomic mass is 127. The minimum atomic E-state index is 0.610. The van der Waals surface area contributed by atoms with Gasteiger partial charge in [0.05, 0.1) is 3.57 Å². The summed E-state index contributed by atoms with van der Waals surface area (Å²) in [5.41, 5.74) is 6.96. The van der Waals surface area contributed by atoms with Crippen molar-refractivity contribution in [1.82, 2.24) is 4.98 Å². The third kappa shape index (κ3) is 1.48. The van der Waals surface area contributed by atoms with Gasteiger partial charge in [0.2, 0.25) is 0 Å². The third-order valence-electron chi connectivity index (χ3n) is 2.01. The number of fused-ring (bicyclic) bond motifs is 1. The van der Waals surface area contributed by atoms with Crippen LogP contribution in [-0.2, 0) is 0 Å². The summed E-state index contributed by atoms with van der Waals surface area (Å²) in [4.78, 5) is 4.11. The second-order valence-corrected chi connectivity index (χ2v) is 4.13. The van der Waals surface area contributed by atoms with Crippen LogP contribution in [0, 0.1) is 10.5 Å². The topological polar surface area (TPSA) is 38.9 Å². The van der Waals surface area contributed by atoms with E-state index in [2.05, 4.69) is 52.7 Å². The number of rotatable bonds is 0. The fourth-order valence-corrected chi connectivity index (χ4v) is 1.91. The molecule has 0 bridgehead atoms. The molecule has 0 aliphatic carbocycles. The van der Waals surface area contributed by atoms with Crippen LogP contribution in [0.2, 0.25) is 0 Å². The molecular weight excluding hydrogens is 275 g/mol. The predicted octanol–water partition coefficient (Wildman–Crippen LogP) is 2.73. The molecule has 66 valence electrons. The van der Waals surface area contributed by atoms with Gasteiger partial charge >= 0.3 is 0 Å². The maximum atomic E-state index is 5.72. The molecule has 0 saturated heterocycles. The van der Waals surface area contributed by atoms with Crippen molar-refractivity contribution in [3.8, 4) is 0 Å². The molecule has 2 N–H and O–H groups in total. The summed E-state index contributed by atoms with van der Waals surface area (Å²) in [7, 11) is 0. The van der Waals surface area contributed by atoms with Crippen LogP contribution in [-0.4, -0.2) is 4.98 Å². The van der Waals surface area contributed by atoms with Crippen LogP contribution in [0.3, 0.4) is 0 Å². The lowest BCUT2D eigenvalue weighted by Crippen LogP contribution is -1.94. The van der Waals surface area contributed by atoms with E-state index in [0.29, 0.717) is 5.82 Å². The molecule has 0 spiro atoms. The number of nitrogens with two attached hydrogens (primary N) is 1. The predicted molar refractivity (Wildman–Crippen MR) is 63.6 cm³/mol. The molecule has 2 rings (SSSR count). The summed E-state index contributed by atoms with van der Waals surface area (Å²) < 4.78 is 1.04. The van der Waals surface area contributed by atoms with Gasteiger partial charge in [-0.15, -0.1) is 0 Å².